The minimum absolute atomic E-state index is 0.0553. The first kappa shape index (κ1) is 27.1. The minimum atomic E-state index is -5.14. The lowest BCUT2D eigenvalue weighted by Gasteiger charge is -2.48. The van der Waals surface area contributed by atoms with Gasteiger partial charge in [0.05, 0.1) is 0 Å². The highest BCUT2D eigenvalue weighted by atomic mass is 32.2. The summed E-state index contributed by atoms with van der Waals surface area (Å²) in [5, 5.41) is 17.3. The first-order valence-electron chi connectivity index (χ1n) is 10.7. The van der Waals surface area contributed by atoms with Gasteiger partial charge in [0.1, 0.15) is 29.4 Å². The third kappa shape index (κ3) is 5.80. The second kappa shape index (κ2) is 10.8. The summed E-state index contributed by atoms with van der Waals surface area (Å²) >= 11 is 1.86. The van der Waals surface area contributed by atoms with Crippen LogP contribution in [0.2, 0.25) is 0 Å². The summed E-state index contributed by atoms with van der Waals surface area (Å²) in [5.41, 5.74) is 0.867. The molecule has 0 bridgehead atoms. The van der Waals surface area contributed by atoms with Crippen molar-refractivity contribution in [2.45, 2.75) is 31.1 Å². The number of aliphatic carboxylic acids is 1. The van der Waals surface area contributed by atoms with E-state index in [1.807, 2.05) is 19.1 Å². The molecule has 0 radical (unpaired) electrons. The Morgan fingerprint density at radius 3 is 2.63 bits per heavy atom. The Balaban J connectivity index is 1.53. The number of hydrogen-bond donors (Lipinski definition) is 3. The molecule has 200 valence electrons. The molecule has 0 aliphatic carbocycles. The number of aryl methyl sites for hydroxylation is 1. The van der Waals surface area contributed by atoms with Crippen LogP contribution in [0.25, 0.3) is 0 Å². The molecule has 38 heavy (non-hydrogen) atoms. The molecule has 1 aromatic carbocycles. The van der Waals surface area contributed by atoms with Gasteiger partial charge in [-0.2, -0.15) is 13.2 Å². The number of carboxylic acids is 1. The fourth-order valence-corrected chi connectivity index (χ4v) is 5.30. The Morgan fingerprint density at radius 1 is 1.26 bits per heavy atom. The Labute approximate surface area is 220 Å². The van der Waals surface area contributed by atoms with Crippen molar-refractivity contribution in [1.29, 1.82) is 0 Å². The Kier molecular flexibility index (Phi) is 7.73. The van der Waals surface area contributed by atoms with E-state index in [2.05, 4.69) is 15.5 Å². The average molecular weight is 570 g/mol. The van der Waals surface area contributed by atoms with Gasteiger partial charge < -0.3 is 15.3 Å². The number of anilines is 1. The van der Waals surface area contributed by atoms with Crippen molar-refractivity contribution in [1.82, 2.24) is 15.2 Å². The third-order valence-corrected chi connectivity index (χ3v) is 7.24. The zero-order valence-corrected chi connectivity index (χ0v) is 20.9. The lowest BCUT2D eigenvalue weighted by atomic mass is 10.0. The molecule has 1 aromatic heterocycles. The van der Waals surface area contributed by atoms with Crippen molar-refractivity contribution in [3.05, 3.63) is 58.2 Å². The number of fused-ring (bicyclic) bond motifs is 1. The average Bonchev–Trinajstić information content (AvgIpc) is 3.32. The third-order valence-electron chi connectivity index (χ3n) is 5.30. The molecule has 2 atom stereocenters. The minimum Gasteiger partial charge on any atom is -0.477 e. The molecule has 4 rings (SSSR count). The van der Waals surface area contributed by atoms with Crippen molar-refractivity contribution in [3.8, 4) is 0 Å². The second-order valence-electron chi connectivity index (χ2n) is 7.97. The maximum atomic E-state index is 13.1. The molecule has 0 saturated carbocycles. The van der Waals surface area contributed by atoms with Gasteiger partial charge in [0.15, 0.2) is 10.8 Å². The summed E-state index contributed by atoms with van der Waals surface area (Å²) in [7, 11) is 0. The number of aromatic nitrogens is 1. The summed E-state index contributed by atoms with van der Waals surface area (Å²) in [6.07, 6.45) is -3.76. The van der Waals surface area contributed by atoms with Crippen LogP contribution in [0.3, 0.4) is 0 Å². The zero-order chi connectivity index (χ0) is 27.6. The highest BCUT2D eigenvalue weighted by Crippen LogP contribution is 2.37. The summed E-state index contributed by atoms with van der Waals surface area (Å²) in [6, 6.07) is 6.13. The number of nitrogens with zero attached hydrogens (tertiary/aromatic N) is 3. The standard InChI is InChI=1S/C22H18F3N5O6S2/c1-10-2-4-11(5-3-10)8-36-29-14(12-9-38-21(26-12)28-20(35)22(23,24)25)16(31)27-15-17(32)30-13(19(33)34)6-7-37-18(15)30/h2-6,9,15,18H,7-8H2,1H3,(H,27,31)(H,33,34)(H,26,28,35)/b29-14+. The SMILES string of the molecule is Cc1ccc(CO/N=C(/C(=O)NC2C(=O)N3C(C(=O)O)=CCSC23)c2csc(NC(=O)C(F)(F)F)n2)cc1. The maximum Gasteiger partial charge on any atom is 0.471 e. The topological polar surface area (TPSA) is 150 Å². The van der Waals surface area contributed by atoms with Gasteiger partial charge in [-0.1, -0.05) is 35.0 Å². The molecule has 16 heteroatoms. The van der Waals surface area contributed by atoms with Crippen LogP contribution < -0.4 is 10.6 Å². The van der Waals surface area contributed by atoms with E-state index in [1.54, 1.807) is 17.4 Å². The van der Waals surface area contributed by atoms with Crippen molar-refractivity contribution in [2.24, 2.45) is 5.16 Å². The van der Waals surface area contributed by atoms with Gasteiger partial charge in [0, 0.05) is 11.1 Å². The fraction of sp³-hybridized carbons (Fsp3) is 0.273. The van der Waals surface area contributed by atoms with Crippen LogP contribution >= 0.6 is 23.1 Å². The molecule has 2 aromatic rings. The fourth-order valence-electron chi connectivity index (χ4n) is 3.42. The number of carboxylic acid groups (broad SMARTS) is 1. The number of thioether (sulfide) groups is 1. The van der Waals surface area contributed by atoms with E-state index in [9.17, 15) is 37.5 Å². The highest BCUT2D eigenvalue weighted by Gasteiger charge is 2.53. The van der Waals surface area contributed by atoms with Crippen molar-refractivity contribution in [2.75, 3.05) is 11.1 Å². The first-order valence-corrected chi connectivity index (χ1v) is 12.7. The number of hydrogen-bond acceptors (Lipinski definition) is 9. The van der Waals surface area contributed by atoms with Gasteiger partial charge in [0.2, 0.25) is 0 Å². The lowest BCUT2D eigenvalue weighted by molar-refractivity contribution is -0.167. The summed E-state index contributed by atoms with van der Waals surface area (Å²) in [5.74, 6) is -4.81. The Bertz CT molecular complexity index is 1340. The van der Waals surface area contributed by atoms with Crippen LogP contribution in [-0.4, -0.2) is 67.7 Å². The molecule has 2 aliphatic rings. The number of benzene rings is 1. The number of alkyl halides is 3. The van der Waals surface area contributed by atoms with E-state index < -0.39 is 52.1 Å². The van der Waals surface area contributed by atoms with Crippen LogP contribution in [0.5, 0.6) is 0 Å². The summed E-state index contributed by atoms with van der Waals surface area (Å²) < 4.78 is 37.8. The smallest absolute Gasteiger partial charge is 0.471 e. The van der Waals surface area contributed by atoms with Crippen molar-refractivity contribution >= 4 is 57.6 Å². The molecule has 2 aliphatic heterocycles. The van der Waals surface area contributed by atoms with E-state index in [-0.39, 0.29) is 18.0 Å². The quantitative estimate of drug-likeness (QED) is 0.249. The molecule has 3 heterocycles. The largest absolute Gasteiger partial charge is 0.477 e. The highest BCUT2D eigenvalue weighted by molar-refractivity contribution is 8.00. The predicted molar refractivity (Wildman–Crippen MR) is 130 cm³/mol. The zero-order valence-electron chi connectivity index (χ0n) is 19.3. The summed E-state index contributed by atoms with van der Waals surface area (Å²) in [4.78, 5) is 58.6. The lowest BCUT2D eigenvalue weighted by Crippen LogP contribution is -2.70. The number of oxime groups is 1. The number of nitrogens with one attached hydrogen (secondary N) is 2. The van der Waals surface area contributed by atoms with Crippen LogP contribution in [0, 0.1) is 6.92 Å². The number of β-lactam (4-membered cyclic amide) rings is 1. The van der Waals surface area contributed by atoms with Crippen LogP contribution in [0.4, 0.5) is 18.3 Å². The van der Waals surface area contributed by atoms with Gasteiger partial charge >= 0.3 is 18.1 Å². The molecular weight excluding hydrogens is 551 g/mol. The van der Waals surface area contributed by atoms with Gasteiger partial charge in [-0.15, -0.1) is 23.1 Å². The van der Waals surface area contributed by atoms with Crippen molar-refractivity contribution in [3.63, 3.8) is 0 Å². The molecule has 3 amide bonds. The predicted octanol–water partition coefficient (Wildman–Crippen LogP) is 2.24. The second-order valence-corrected chi connectivity index (χ2v) is 9.97. The number of halogens is 3. The van der Waals surface area contributed by atoms with E-state index in [4.69, 9.17) is 4.84 Å². The van der Waals surface area contributed by atoms with E-state index >= 15 is 0 Å². The van der Waals surface area contributed by atoms with E-state index in [0.29, 0.717) is 22.7 Å². The molecule has 1 saturated heterocycles. The van der Waals surface area contributed by atoms with Crippen LogP contribution in [0.15, 0.2) is 46.6 Å². The Morgan fingerprint density at radius 2 is 1.97 bits per heavy atom. The normalized spacial score (nSPS) is 19.2. The Hall–Kier alpha value is -3.92. The van der Waals surface area contributed by atoms with E-state index in [0.717, 1.165) is 10.5 Å². The number of carbonyl (C=O) groups excluding carboxylic acids is 3. The number of rotatable bonds is 8. The molecule has 3 N–H and O–H groups in total. The molecular formula is C22H18F3N5O6S2. The van der Waals surface area contributed by atoms with Crippen LogP contribution in [-0.2, 0) is 30.6 Å². The maximum absolute atomic E-state index is 13.1. The van der Waals surface area contributed by atoms with Crippen molar-refractivity contribution < 1.29 is 42.3 Å². The van der Waals surface area contributed by atoms with Gasteiger partial charge in [-0.3, -0.25) is 24.6 Å². The number of amides is 3. The summed E-state index contributed by atoms with van der Waals surface area (Å²) in [6.45, 7) is 1.84. The molecule has 1 fully saturated rings. The van der Waals surface area contributed by atoms with Gasteiger partial charge in [-0.05, 0) is 18.6 Å². The molecule has 11 nitrogen and oxygen atoms in total. The molecule has 0 spiro atoms. The number of thiazole rings is 1. The van der Waals surface area contributed by atoms with Crippen LogP contribution in [0.1, 0.15) is 16.8 Å². The van der Waals surface area contributed by atoms with Gasteiger partial charge in [-0.25, -0.2) is 9.78 Å². The monoisotopic (exact) mass is 569 g/mol. The molecule has 2 unspecified atom stereocenters. The first-order chi connectivity index (χ1) is 18.0. The number of carbonyl (C=O) groups is 4. The van der Waals surface area contributed by atoms with E-state index in [1.165, 1.54) is 23.2 Å². The van der Waals surface area contributed by atoms with Gasteiger partial charge in [0.25, 0.3) is 11.8 Å².